The SMILES string of the molecule is Cc1cc(/N=N/c2cc(S(=O)(=O)O)c(C)cc2C)c(C)cc1O. The normalized spacial score (nSPS) is 12.0. The van der Waals surface area contributed by atoms with Crippen LogP contribution in [0.3, 0.4) is 0 Å². The van der Waals surface area contributed by atoms with Crippen molar-refractivity contribution >= 4 is 21.5 Å². The molecule has 0 atom stereocenters. The van der Waals surface area contributed by atoms with Gasteiger partial charge in [-0.05, 0) is 68.1 Å². The Bertz CT molecular complexity index is 903. The number of rotatable bonds is 3. The van der Waals surface area contributed by atoms with E-state index in [4.69, 9.17) is 0 Å². The van der Waals surface area contributed by atoms with Gasteiger partial charge in [-0.2, -0.15) is 18.6 Å². The standard InChI is InChI=1S/C16H18N2O4S/c1-9-5-12(4)16(23(20,21)22)8-14(9)18-17-13-6-11(3)15(19)7-10(13)2/h5-8,19H,1-4H3,(H,20,21,22)/b18-17+. The van der Waals surface area contributed by atoms with Gasteiger partial charge in [0.25, 0.3) is 10.1 Å². The Morgan fingerprint density at radius 1 is 0.783 bits per heavy atom. The minimum Gasteiger partial charge on any atom is -0.508 e. The van der Waals surface area contributed by atoms with Gasteiger partial charge >= 0.3 is 0 Å². The molecule has 0 heterocycles. The Labute approximate surface area is 135 Å². The van der Waals surface area contributed by atoms with E-state index in [1.54, 1.807) is 45.9 Å². The molecule has 0 saturated carbocycles. The second-order valence-electron chi connectivity index (χ2n) is 5.50. The molecular weight excluding hydrogens is 316 g/mol. The van der Waals surface area contributed by atoms with Crippen LogP contribution >= 0.6 is 0 Å². The van der Waals surface area contributed by atoms with Gasteiger partial charge in [0.1, 0.15) is 5.75 Å². The topological polar surface area (TPSA) is 99.3 Å². The highest BCUT2D eigenvalue weighted by atomic mass is 32.2. The van der Waals surface area contributed by atoms with Crippen LogP contribution in [-0.2, 0) is 10.1 Å². The van der Waals surface area contributed by atoms with Crippen LogP contribution in [0.2, 0.25) is 0 Å². The summed E-state index contributed by atoms with van der Waals surface area (Å²) in [6.45, 7) is 6.93. The fourth-order valence-corrected chi connectivity index (χ4v) is 2.93. The van der Waals surface area contributed by atoms with E-state index in [2.05, 4.69) is 10.2 Å². The predicted octanol–water partition coefficient (Wildman–Crippen LogP) is 4.29. The zero-order valence-electron chi connectivity index (χ0n) is 13.3. The van der Waals surface area contributed by atoms with Crippen molar-refractivity contribution in [3.05, 3.63) is 46.5 Å². The lowest BCUT2D eigenvalue weighted by Crippen LogP contribution is -2.01. The predicted molar refractivity (Wildman–Crippen MR) is 87.5 cm³/mol. The first-order valence-corrected chi connectivity index (χ1v) is 8.34. The molecule has 7 heteroatoms. The highest BCUT2D eigenvalue weighted by Gasteiger charge is 2.15. The number of hydrogen-bond donors (Lipinski definition) is 2. The van der Waals surface area contributed by atoms with Gasteiger partial charge in [0.2, 0.25) is 0 Å². The Balaban J connectivity index is 2.50. The first-order chi connectivity index (χ1) is 10.6. The van der Waals surface area contributed by atoms with Crippen LogP contribution < -0.4 is 0 Å². The number of hydrogen-bond acceptors (Lipinski definition) is 5. The number of aryl methyl sites for hydroxylation is 4. The third kappa shape index (κ3) is 3.75. The number of nitrogens with zero attached hydrogens (tertiary/aromatic N) is 2. The zero-order chi connectivity index (χ0) is 17.4. The van der Waals surface area contributed by atoms with Crippen molar-refractivity contribution < 1.29 is 18.1 Å². The third-order valence-corrected chi connectivity index (χ3v) is 4.55. The first-order valence-electron chi connectivity index (χ1n) is 6.90. The number of aromatic hydroxyl groups is 1. The first kappa shape index (κ1) is 17.1. The minimum atomic E-state index is -4.31. The molecule has 6 nitrogen and oxygen atoms in total. The Hall–Kier alpha value is -2.25. The molecule has 0 aliphatic rings. The summed E-state index contributed by atoms with van der Waals surface area (Å²) in [4.78, 5) is -0.185. The van der Waals surface area contributed by atoms with Crippen molar-refractivity contribution in [2.45, 2.75) is 32.6 Å². The molecule has 23 heavy (non-hydrogen) atoms. The maximum Gasteiger partial charge on any atom is 0.294 e. The minimum absolute atomic E-state index is 0.182. The van der Waals surface area contributed by atoms with Gasteiger partial charge in [-0.25, -0.2) is 0 Å². The summed E-state index contributed by atoms with van der Waals surface area (Å²) in [5.74, 6) is 0.182. The number of benzene rings is 2. The van der Waals surface area contributed by atoms with Gasteiger partial charge in [-0.15, -0.1) is 0 Å². The molecule has 2 rings (SSSR count). The molecule has 2 N–H and O–H groups in total. The van der Waals surface area contributed by atoms with Crippen LogP contribution in [0.5, 0.6) is 5.75 Å². The van der Waals surface area contributed by atoms with Gasteiger partial charge in [-0.3, -0.25) is 4.55 Å². The third-order valence-electron chi connectivity index (χ3n) is 3.55. The highest BCUT2D eigenvalue weighted by molar-refractivity contribution is 7.85. The quantitative estimate of drug-likeness (QED) is 0.646. The summed E-state index contributed by atoms with van der Waals surface area (Å²) < 4.78 is 32.0. The molecular formula is C16H18N2O4S. The summed E-state index contributed by atoms with van der Waals surface area (Å²) in [6, 6.07) is 6.22. The molecule has 0 aromatic heterocycles. The van der Waals surface area contributed by atoms with Gasteiger partial charge < -0.3 is 5.11 Å². The van der Waals surface area contributed by atoms with E-state index in [0.29, 0.717) is 22.5 Å². The maximum atomic E-state index is 11.4. The molecule has 0 aliphatic carbocycles. The molecule has 0 fully saturated rings. The summed E-state index contributed by atoms with van der Waals surface area (Å²) in [5, 5.41) is 17.9. The van der Waals surface area contributed by atoms with Crippen molar-refractivity contribution in [3.63, 3.8) is 0 Å². The molecule has 0 aliphatic heterocycles. The van der Waals surface area contributed by atoms with E-state index in [0.717, 1.165) is 11.1 Å². The molecule has 0 radical (unpaired) electrons. The van der Waals surface area contributed by atoms with Crippen LogP contribution in [0.4, 0.5) is 11.4 Å². The smallest absolute Gasteiger partial charge is 0.294 e. The number of phenolic OH excluding ortho intramolecular Hbond substituents is 1. The van der Waals surface area contributed by atoms with Crippen LogP contribution in [0.25, 0.3) is 0 Å². The van der Waals surface area contributed by atoms with E-state index in [9.17, 15) is 18.1 Å². The van der Waals surface area contributed by atoms with E-state index < -0.39 is 10.1 Å². The van der Waals surface area contributed by atoms with Crippen molar-refractivity contribution in [3.8, 4) is 5.75 Å². The zero-order valence-corrected chi connectivity index (χ0v) is 14.1. The lowest BCUT2D eigenvalue weighted by atomic mass is 10.1. The van der Waals surface area contributed by atoms with Crippen LogP contribution in [0.15, 0.2) is 39.4 Å². The van der Waals surface area contributed by atoms with E-state index in [1.807, 2.05) is 0 Å². The molecule has 2 aromatic carbocycles. The van der Waals surface area contributed by atoms with Gasteiger partial charge in [0.15, 0.2) is 0 Å². The lowest BCUT2D eigenvalue weighted by Gasteiger charge is -2.07. The van der Waals surface area contributed by atoms with Crippen LogP contribution in [0, 0.1) is 27.7 Å². The maximum absolute atomic E-state index is 11.4. The lowest BCUT2D eigenvalue weighted by molar-refractivity contribution is 0.470. The fourth-order valence-electron chi connectivity index (χ4n) is 2.21. The van der Waals surface area contributed by atoms with Crippen LogP contribution in [0.1, 0.15) is 22.3 Å². The van der Waals surface area contributed by atoms with E-state index in [1.165, 1.54) is 6.07 Å². The summed E-state index contributed by atoms with van der Waals surface area (Å²) in [7, 11) is -4.31. The second-order valence-corrected chi connectivity index (χ2v) is 6.89. The number of phenols is 1. The van der Waals surface area contributed by atoms with Crippen molar-refractivity contribution in [2.24, 2.45) is 10.2 Å². The molecule has 0 bridgehead atoms. The molecule has 0 amide bonds. The average molecular weight is 334 g/mol. The van der Waals surface area contributed by atoms with Crippen molar-refractivity contribution in [2.75, 3.05) is 0 Å². The molecule has 2 aromatic rings. The van der Waals surface area contributed by atoms with E-state index in [-0.39, 0.29) is 10.6 Å². The summed E-state index contributed by atoms with van der Waals surface area (Å²) in [6.07, 6.45) is 0. The Morgan fingerprint density at radius 3 is 1.87 bits per heavy atom. The Kier molecular flexibility index (Phi) is 4.53. The number of azo groups is 1. The molecule has 0 spiro atoms. The molecule has 0 unspecified atom stereocenters. The van der Waals surface area contributed by atoms with Gasteiger partial charge in [0, 0.05) is 0 Å². The molecule has 122 valence electrons. The van der Waals surface area contributed by atoms with E-state index >= 15 is 0 Å². The van der Waals surface area contributed by atoms with Gasteiger partial charge in [-0.1, -0.05) is 6.07 Å². The summed E-state index contributed by atoms with van der Waals surface area (Å²) in [5.41, 5.74) is 3.54. The summed E-state index contributed by atoms with van der Waals surface area (Å²) >= 11 is 0. The fraction of sp³-hybridized carbons (Fsp3) is 0.250. The van der Waals surface area contributed by atoms with Crippen molar-refractivity contribution in [1.29, 1.82) is 0 Å². The Morgan fingerprint density at radius 2 is 1.30 bits per heavy atom. The molecule has 0 saturated heterocycles. The monoisotopic (exact) mass is 334 g/mol. The van der Waals surface area contributed by atoms with Gasteiger partial charge in [0.05, 0.1) is 16.3 Å². The largest absolute Gasteiger partial charge is 0.508 e. The second kappa shape index (κ2) is 6.10. The highest BCUT2D eigenvalue weighted by Crippen LogP contribution is 2.31. The van der Waals surface area contributed by atoms with Crippen molar-refractivity contribution in [1.82, 2.24) is 0 Å². The van der Waals surface area contributed by atoms with Crippen LogP contribution in [-0.4, -0.2) is 18.1 Å². The average Bonchev–Trinajstić information content (AvgIpc) is 2.41.